The Morgan fingerprint density at radius 3 is 2.39 bits per heavy atom. The van der Waals surface area contributed by atoms with E-state index in [0.717, 1.165) is 5.56 Å². The van der Waals surface area contributed by atoms with E-state index in [2.05, 4.69) is 0 Å². The van der Waals surface area contributed by atoms with Crippen molar-refractivity contribution in [3.8, 4) is 0 Å². The summed E-state index contributed by atoms with van der Waals surface area (Å²) >= 11 is 0. The van der Waals surface area contributed by atoms with Crippen LogP contribution >= 0.6 is 0 Å². The minimum absolute atomic E-state index is 0.0375. The fraction of sp³-hybridized carbons (Fsp3) is 0.526. The van der Waals surface area contributed by atoms with Gasteiger partial charge in [0.1, 0.15) is 17.2 Å². The second-order valence-electron chi connectivity index (χ2n) is 6.60. The molecule has 0 radical (unpaired) electrons. The first-order valence-corrected chi connectivity index (χ1v) is 8.20. The van der Waals surface area contributed by atoms with Crippen LogP contribution in [0.15, 0.2) is 30.3 Å². The van der Waals surface area contributed by atoms with Crippen molar-refractivity contribution in [2.45, 2.75) is 45.6 Å². The first-order chi connectivity index (χ1) is 10.8. The fourth-order valence-electron chi connectivity index (χ4n) is 3.52. The third-order valence-corrected chi connectivity index (χ3v) is 5.25. The van der Waals surface area contributed by atoms with Crippen molar-refractivity contribution >= 4 is 17.5 Å². The largest absolute Gasteiger partial charge is 0.332 e. The van der Waals surface area contributed by atoms with Crippen LogP contribution in [-0.2, 0) is 20.8 Å². The van der Waals surface area contributed by atoms with E-state index in [1.54, 1.807) is 11.9 Å². The summed E-state index contributed by atoms with van der Waals surface area (Å²) in [7, 11) is 1.70. The van der Waals surface area contributed by atoms with Crippen molar-refractivity contribution in [1.29, 1.82) is 0 Å². The Morgan fingerprint density at radius 1 is 1.26 bits per heavy atom. The summed E-state index contributed by atoms with van der Waals surface area (Å²) in [5, 5.41) is 0. The van der Waals surface area contributed by atoms with Gasteiger partial charge in [0.25, 0.3) is 0 Å². The van der Waals surface area contributed by atoms with Gasteiger partial charge in [-0.25, -0.2) is 0 Å². The second kappa shape index (κ2) is 6.65. The van der Waals surface area contributed by atoms with Crippen LogP contribution in [0.2, 0.25) is 0 Å². The highest BCUT2D eigenvalue weighted by molar-refractivity contribution is 6.13. The molecule has 0 bridgehead atoms. The first-order valence-electron chi connectivity index (χ1n) is 8.20. The fourth-order valence-corrected chi connectivity index (χ4v) is 3.52. The average Bonchev–Trinajstić information content (AvgIpc) is 2.71. The predicted octanol–water partition coefficient (Wildman–Crippen LogP) is 2.65. The second-order valence-corrected chi connectivity index (χ2v) is 6.60. The van der Waals surface area contributed by atoms with Crippen LogP contribution in [0, 0.1) is 11.8 Å². The van der Waals surface area contributed by atoms with Gasteiger partial charge in [-0.15, -0.1) is 0 Å². The van der Waals surface area contributed by atoms with Crippen LogP contribution < -0.4 is 0 Å². The van der Waals surface area contributed by atoms with Gasteiger partial charge in [0.05, 0.1) is 0 Å². The number of likely N-dealkylation sites (N-methyl/N-ethyl adjacent to an activating group) is 1. The molecule has 23 heavy (non-hydrogen) atoms. The highest BCUT2D eigenvalue weighted by Crippen LogP contribution is 2.38. The van der Waals surface area contributed by atoms with Gasteiger partial charge in [-0.2, -0.15) is 0 Å². The lowest BCUT2D eigenvalue weighted by atomic mass is 9.78. The Labute approximate surface area is 137 Å². The normalized spacial score (nSPS) is 25.7. The molecule has 1 unspecified atom stereocenters. The number of likely N-dealkylation sites (tertiary alicyclic amines) is 1. The Hall–Kier alpha value is -1.97. The van der Waals surface area contributed by atoms with E-state index in [0.29, 0.717) is 19.3 Å². The number of rotatable bonds is 6. The number of benzene rings is 1. The van der Waals surface area contributed by atoms with Crippen LogP contribution in [-0.4, -0.2) is 35.0 Å². The molecule has 3 atom stereocenters. The molecule has 4 nitrogen and oxygen atoms in total. The molecule has 1 aliphatic heterocycles. The maximum atomic E-state index is 13.1. The van der Waals surface area contributed by atoms with E-state index >= 15 is 0 Å². The van der Waals surface area contributed by atoms with Crippen LogP contribution in [0.25, 0.3) is 0 Å². The van der Waals surface area contributed by atoms with Gasteiger partial charge < -0.3 is 4.90 Å². The van der Waals surface area contributed by atoms with Crippen LogP contribution in [0.4, 0.5) is 0 Å². The van der Waals surface area contributed by atoms with Gasteiger partial charge >= 0.3 is 0 Å². The quantitative estimate of drug-likeness (QED) is 0.758. The predicted molar refractivity (Wildman–Crippen MR) is 88.9 cm³/mol. The SMILES string of the molecule is CC[C@@]1(C[C@H](C)C(C)=O)C(=O)C(Cc2ccccc2)C(=O)N1C. The average molecular weight is 315 g/mol. The van der Waals surface area contributed by atoms with Crippen molar-refractivity contribution in [3.63, 3.8) is 0 Å². The summed E-state index contributed by atoms with van der Waals surface area (Å²) in [6.07, 6.45) is 1.38. The molecule has 0 aliphatic carbocycles. The van der Waals surface area contributed by atoms with Crippen LogP contribution in [0.3, 0.4) is 0 Å². The number of Topliss-reactive ketones (excluding diaryl/α,β-unsaturated/α-hetero) is 2. The van der Waals surface area contributed by atoms with E-state index in [1.165, 1.54) is 6.92 Å². The molecule has 0 saturated carbocycles. The molecule has 0 aromatic heterocycles. The minimum atomic E-state index is -0.846. The first kappa shape index (κ1) is 17.4. The van der Waals surface area contributed by atoms with Crippen LogP contribution in [0.5, 0.6) is 0 Å². The highest BCUT2D eigenvalue weighted by Gasteiger charge is 2.55. The maximum absolute atomic E-state index is 13.1. The lowest BCUT2D eigenvalue weighted by molar-refractivity contribution is -0.134. The molecule has 124 valence electrons. The topological polar surface area (TPSA) is 54.5 Å². The minimum Gasteiger partial charge on any atom is -0.332 e. The van der Waals surface area contributed by atoms with Gasteiger partial charge in [-0.3, -0.25) is 14.4 Å². The lowest BCUT2D eigenvalue weighted by Gasteiger charge is -2.35. The van der Waals surface area contributed by atoms with Gasteiger partial charge in [0, 0.05) is 13.0 Å². The standard InChI is InChI=1S/C19H25NO3/c1-5-19(12-13(2)14(3)21)17(22)16(18(23)20(19)4)11-15-9-7-6-8-10-15/h6-10,13,16H,5,11-12H2,1-4H3/t13-,16?,19+/m0/s1. The third-order valence-electron chi connectivity index (χ3n) is 5.25. The van der Waals surface area contributed by atoms with Gasteiger partial charge in [-0.1, -0.05) is 44.2 Å². The Kier molecular flexibility index (Phi) is 5.03. The van der Waals surface area contributed by atoms with E-state index in [4.69, 9.17) is 0 Å². The zero-order chi connectivity index (χ0) is 17.2. The molecular formula is C19H25NO3. The summed E-state index contributed by atoms with van der Waals surface area (Å²) < 4.78 is 0. The summed E-state index contributed by atoms with van der Waals surface area (Å²) in [4.78, 5) is 39.0. The molecule has 1 saturated heterocycles. The summed E-state index contributed by atoms with van der Waals surface area (Å²) in [5.74, 6) is -0.981. The zero-order valence-corrected chi connectivity index (χ0v) is 14.3. The van der Waals surface area contributed by atoms with Gasteiger partial charge in [0.2, 0.25) is 5.91 Å². The molecule has 4 heteroatoms. The molecule has 0 spiro atoms. The molecule has 1 aromatic rings. The number of carbonyl (C=O) groups is 3. The van der Waals surface area contributed by atoms with Crippen molar-refractivity contribution in [3.05, 3.63) is 35.9 Å². The third kappa shape index (κ3) is 3.07. The molecule has 0 N–H and O–H groups in total. The van der Waals surface area contributed by atoms with Crippen molar-refractivity contribution < 1.29 is 14.4 Å². The van der Waals surface area contributed by atoms with Crippen molar-refractivity contribution in [2.24, 2.45) is 11.8 Å². The Morgan fingerprint density at radius 2 is 1.87 bits per heavy atom. The maximum Gasteiger partial charge on any atom is 0.234 e. The summed E-state index contributed by atoms with van der Waals surface area (Å²) in [6.45, 7) is 5.28. The summed E-state index contributed by atoms with van der Waals surface area (Å²) in [5.41, 5.74) is 0.140. The molecule has 2 rings (SSSR count). The van der Waals surface area contributed by atoms with Crippen LogP contribution in [0.1, 0.15) is 39.2 Å². The van der Waals surface area contributed by atoms with Gasteiger partial charge in [-0.05, 0) is 31.7 Å². The van der Waals surface area contributed by atoms with E-state index in [9.17, 15) is 14.4 Å². The molecule has 1 heterocycles. The van der Waals surface area contributed by atoms with Crippen molar-refractivity contribution in [2.75, 3.05) is 7.05 Å². The number of amides is 1. The molecular weight excluding hydrogens is 290 g/mol. The number of ketones is 2. The van der Waals surface area contributed by atoms with Gasteiger partial charge in [0.15, 0.2) is 5.78 Å². The summed E-state index contributed by atoms with van der Waals surface area (Å²) in [6, 6.07) is 9.61. The smallest absolute Gasteiger partial charge is 0.234 e. The molecule has 1 aromatic carbocycles. The molecule has 1 amide bonds. The van der Waals surface area contributed by atoms with E-state index < -0.39 is 11.5 Å². The Bertz CT molecular complexity index is 610. The molecule has 1 aliphatic rings. The number of nitrogens with zero attached hydrogens (tertiary/aromatic N) is 1. The number of carbonyl (C=O) groups excluding carboxylic acids is 3. The lowest BCUT2D eigenvalue weighted by Crippen LogP contribution is -2.49. The zero-order valence-electron chi connectivity index (χ0n) is 14.3. The van der Waals surface area contributed by atoms with E-state index in [-0.39, 0.29) is 23.4 Å². The van der Waals surface area contributed by atoms with E-state index in [1.807, 2.05) is 44.2 Å². The monoisotopic (exact) mass is 315 g/mol. The Balaban J connectivity index is 2.30. The number of hydrogen-bond acceptors (Lipinski definition) is 3. The highest BCUT2D eigenvalue weighted by atomic mass is 16.2. The van der Waals surface area contributed by atoms with Crippen molar-refractivity contribution in [1.82, 2.24) is 4.90 Å². The number of hydrogen-bond donors (Lipinski definition) is 0. The molecule has 1 fully saturated rings.